The van der Waals surface area contributed by atoms with Gasteiger partial charge in [0, 0.05) is 19.0 Å². The molecule has 0 saturated carbocycles. The largest absolute Gasteiger partial charge is 0.441 e. The number of carbonyl (C=O) groups is 2. The minimum atomic E-state index is -1.68. The van der Waals surface area contributed by atoms with Crippen molar-refractivity contribution in [3.8, 4) is 0 Å². The van der Waals surface area contributed by atoms with E-state index in [1.165, 1.54) is 4.90 Å². The predicted molar refractivity (Wildman–Crippen MR) is 58.5 cm³/mol. The molecular formula is C11H17NO5. The first-order chi connectivity index (χ1) is 8.09. The van der Waals surface area contributed by atoms with Gasteiger partial charge in [-0.1, -0.05) is 6.42 Å². The minimum Gasteiger partial charge on any atom is -0.441 e. The highest BCUT2D eigenvalue weighted by atomic mass is 16.5. The Morgan fingerprint density at radius 3 is 2.88 bits per heavy atom. The Balaban J connectivity index is 2.33. The van der Waals surface area contributed by atoms with Crippen LogP contribution in [-0.4, -0.2) is 46.6 Å². The van der Waals surface area contributed by atoms with Gasteiger partial charge in [0.25, 0.3) is 0 Å². The first kappa shape index (κ1) is 13.7. The second kappa shape index (κ2) is 7.03. The van der Waals surface area contributed by atoms with Crippen LogP contribution in [0, 0.1) is 0 Å². The van der Waals surface area contributed by atoms with Crippen LogP contribution in [0.25, 0.3) is 0 Å². The van der Waals surface area contributed by atoms with Gasteiger partial charge in [-0.05, 0) is 18.9 Å². The van der Waals surface area contributed by atoms with Crippen LogP contribution in [0.1, 0.15) is 25.7 Å². The average molecular weight is 243 g/mol. The van der Waals surface area contributed by atoms with E-state index in [0.29, 0.717) is 13.0 Å². The van der Waals surface area contributed by atoms with Crippen LogP contribution in [0.2, 0.25) is 0 Å². The number of aliphatic hydroxyl groups excluding tert-OH is 1. The molecule has 1 amide bonds. The lowest BCUT2D eigenvalue weighted by Gasteiger charge is -2.19. The van der Waals surface area contributed by atoms with E-state index in [4.69, 9.17) is 14.9 Å². The standard InChI is InChI=1S/C11H17NO5/c13-9-4-2-1-3-7-12(9)8-17-11(16)6-5-10(14)15/h5-6,10,14-15H,1-4,7-8H2/b6-5+. The fourth-order valence-corrected chi connectivity index (χ4v) is 1.53. The van der Waals surface area contributed by atoms with Crippen LogP contribution in [0.4, 0.5) is 0 Å². The van der Waals surface area contributed by atoms with E-state index in [9.17, 15) is 9.59 Å². The predicted octanol–water partition coefficient (Wildman–Crippen LogP) is -0.243. The summed E-state index contributed by atoms with van der Waals surface area (Å²) in [6.07, 6.45) is 3.42. The maximum absolute atomic E-state index is 11.5. The van der Waals surface area contributed by atoms with Gasteiger partial charge in [-0.25, -0.2) is 4.79 Å². The van der Waals surface area contributed by atoms with Crippen molar-refractivity contribution < 1.29 is 24.5 Å². The maximum Gasteiger partial charge on any atom is 0.332 e. The molecule has 6 heteroatoms. The van der Waals surface area contributed by atoms with Gasteiger partial charge in [0.1, 0.15) is 0 Å². The van der Waals surface area contributed by atoms with Gasteiger partial charge in [-0.3, -0.25) is 4.79 Å². The van der Waals surface area contributed by atoms with Crippen LogP contribution in [-0.2, 0) is 14.3 Å². The molecule has 0 radical (unpaired) electrons. The van der Waals surface area contributed by atoms with E-state index in [-0.39, 0.29) is 12.6 Å². The van der Waals surface area contributed by atoms with Gasteiger partial charge in [0.15, 0.2) is 13.0 Å². The van der Waals surface area contributed by atoms with Crippen LogP contribution in [0.5, 0.6) is 0 Å². The summed E-state index contributed by atoms with van der Waals surface area (Å²) in [4.78, 5) is 24.1. The summed E-state index contributed by atoms with van der Waals surface area (Å²) < 4.78 is 4.81. The molecule has 1 heterocycles. The van der Waals surface area contributed by atoms with E-state index in [0.717, 1.165) is 31.4 Å². The van der Waals surface area contributed by atoms with Gasteiger partial charge in [-0.15, -0.1) is 0 Å². The Bertz CT molecular complexity index is 300. The number of likely N-dealkylation sites (tertiary alicyclic amines) is 1. The van der Waals surface area contributed by atoms with E-state index < -0.39 is 12.3 Å². The van der Waals surface area contributed by atoms with E-state index in [1.54, 1.807) is 0 Å². The quantitative estimate of drug-likeness (QED) is 0.404. The number of hydrogen-bond acceptors (Lipinski definition) is 5. The Morgan fingerprint density at radius 1 is 1.41 bits per heavy atom. The summed E-state index contributed by atoms with van der Waals surface area (Å²) in [5.74, 6) is -0.711. The molecule has 0 atom stereocenters. The van der Waals surface area contributed by atoms with Crippen LogP contribution in [0.15, 0.2) is 12.2 Å². The van der Waals surface area contributed by atoms with Crippen LogP contribution < -0.4 is 0 Å². The number of nitrogens with zero attached hydrogens (tertiary/aromatic N) is 1. The van der Waals surface area contributed by atoms with Crippen molar-refractivity contribution in [2.75, 3.05) is 13.3 Å². The summed E-state index contributed by atoms with van der Waals surface area (Å²) in [6, 6.07) is 0. The van der Waals surface area contributed by atoms with Gasteiger partial charge >= 0.3 is 5.97 Å². The molecule has 6 nitrogen and oxygen atoms in total. The SMILES string of the molecule is O=C(/C=C/C(O)O)OCN1CCCCCC1=O. The normalized spacial score (nSPS) is 17.6. The third-order valence-corrected chi connectivity index (χ3v) is 2.44. The van der Waals surface area contributed by atoms with Crippen LogP contribution in [0.3, 0.4) is 0 Å². The van der Waals surface area contributed by atoms with Gasteiger partial charge in [-0.2, -0.15) is 0 Å². The fourth-order valence-electron chi connectivity index (χ4n) is 1.53. The molecule has 1 rings (SSSR count). The van der Waals surface area contributed by atoms with E-state index in [1.807, 2.05) is 0 Å². The van der Waals surface area contributed by atoms with Gasteiger partial charge in [0.05, 0.1) is 0 Å². The van der Waals surface area contributed by atoms with E-state index >= 15 is 0 Å². The summed E-state index contributed by atoms with van der Waals surface area (Å²) in [7, 11) is 0. The molecule has 17 heavy (non-hydrogen) atoms. The van der Waals surface area contributed by atoms with Gasteiger partial charge in [0.2, 0.25) is 5.91 Å². The number of ether oxygens (including phenoxy) is 1. The van der Waals surface area contributed by atoms with Crippen molar-refractivity contribution in [1.82, 2.24) is 4.90 Å². The molecule has 0 unspecified atom stereocenters. The van der Waals surface area contributed by atoms with E-state index in [2.05, 4.69) is 0 Å². The van der Waals surface area contributed by atoms with Crippen molar-refractivity contribution in [1.29, 1.82) is 0 Å². The Hall–Kier alpha value is -1.40. The molecule has 1 aliphatic rings. The molecule has 1 saturated heterocycles. The maximum atomic E-state index is 11.5. The molecule has 0 bridgehead atoms. The zero-order valence-electron chi connectivity index (χ0n) is 9.54. The lowest BCUT2D eigenvalue weighted by atomic mass is 10.2. The molecule has 0 aromatic carbocycles. The molecule has 1 aliphatic heterocycles. The molecule has 0 aromatic heterocycles. The first-order valence-electron chi connectivity index (χ1n) is 5.58. The molecule has 96 valence electrons. The number of carbonyl (C=O) groups excluding carboxylic acids is 2. The van der Waals surface area contributed by atoms with Gasteiger partial charge < -0.3 is 19.8 Å². The molecule has 1 fully saturated rings. The summed E-state index contributed by atoms with van der Waals surface area (Å²) in [6.45, 7) is 0.516. The highest BCUT2D eigenvalue weighted by molar-refractivity contribution is 5.82. The topological polar surface area (TPSA) is 87.1 Å². The third kappa shape index (κ3) is 5.46. The lowest BCUT2D eigenvalue weighted by Crippen LogP contribution is -2.33. The number of esters is 1. The fraction of sp³-hybridized carbons (Fsp3) is 0.636. The summed E-state index contributed by atoms with van der Waals surface area (Å²) >= 11 is 0. The average Bonchev–Trinajstić information content (AvgIpc) is 2.48. The molecule has 2 N–H and O–H groups in total. The molecular weight excluding hydrogens is 226 g/mol. The number of aliphatic hydroxyl groups is 2. The monoisotopic (exact) mass is 243 g/mol. The van der Waals surface area contributed by atoms with Crippen molar-refractivity contribution in [2.45, 2.75) is 32.0 Å². The minimum absolute atomic E-state index is 0.0125. The van der Waals surface area contributed by atoms with Crippen molar-refractivity contribution >= 4 is 11.9 Å². The summed E-state index contributed by atoms with van der Waals surface area (Å²) in [5.41, 5.74) is 0. The second-order valence-electron chi connectivity index (χ2n) is 3.83. The highest BCUT2D eigenvalue weighted by Gasteiger charge is 2.17. The summed E-state index contributed by atoms with van der Waals surface area (Å²) in [5, 5.41) is 17.0. The smallest absolute Gasteiger partial charge is 0.332 e. The Kier molecular flexibility index (Phi) is 5.65. The second-order valence-corrected chi connectivity index (χ2v) is 3.83. The first-order valence-corrected chi connectivity index (χ1v) is 5.58. The highest BCUT2D eigenvalue weighted by Crippen LogP contribution is 2.10. The zero-order valence-corrected chi connectivity index (χ0v) is 9.54. The molecule has 0 spiro atoms. The third-order valence-electron chi connectivity index (χ3n) is 2.44. The lowest BCUT2D eigenvalue weighted by molar-refractivity contribution is -0.148. The number of amides is 1. The number of rotatable bonds is 4. The Morgan fingerprint density at radius 2 is 2.18 bits per heavy atom. The van der Waals surface area contributed by atoms with Crippen molar-refractivity contribution in [3.63, 3.8) is 0 Å². The molecule has 0 aromatic rings. The number of hydrogen-bond donors (Lipinski definition) is 2. The molecule has 0 aliphatic carbocycles. The van der Waals surface area contributed by atoms with Crippen molar-refractivity contribution in [2.24, 2.45) is 0 Å². The Labute approximate surface area is 99.5 Å². The van der Waals surface area contributed by atoms with Crippen molar-refractivity contribution in [3.05, 3.63) is 12.2 Å². The zero-order chi connectivity index (χ0) is 12.7. The van der Waals surface area contributed by atoms with Crippen LogP contribution >= 0.6 is 0 Å².